The van der Waals surface area contributed by atoms with Crippen LogP contribution in [-0.4, -0.2) is 60.0 Å². The van der Waals surface area contributed by atoms with Crippen LogP contribution in [0.1, 0.15) is 12.8 Å². The van der Waals surface area contributed by atoms with Gasteiger partial charge in [0.1, 0.15) is 6.54 Å². The Morgan fingerprint density at radius 1 is 1.12 bits per heavy atom. The third-order valence-corrected chi connectivity index (χ3v) is 6.50. The zero-order valence-corrected chi connectivity index (χ0v) is 15.4. The van der Waals surface area contributed by atoms with E-state index in [4.69, 9.17) is 0 Å². The van der Waals surface area contributed by atoms with E-state index in [1.165, 1.54) is 38.4 Å². The third kappa shape index (κ3) is 4.46. The first-order valence-corrected chi connectivity index (χ1v) is 10.6. The molecule has 0 aliphatic heterocycles. The van der Waals surface area contributed by atoms with Crippen molar-refractivity contribution in [2.24, 2.45) is 0 Å². The fourth-order valence-electron chi connectivity index (χ4n) is 2.03. The predicted octanol–water partition coefficient (Wildman–Crippen LogP) is -0.0185. The summed E-state index contributed by atoms with van der Waals surface area (Å²) in [5.74, 6) is -0.382. The van der Waals surface area contributed by atoms with Crippen LogP contribution in [0.2, 0.25) is 0 Å². The first-order chi connectivity index (χ1) is 11.0. The molecule has 2 rings (SSSR count). The summed E-state index contributed by atoms with van der Waals surface area (Å²) in [5, 5.41) is 2.73. The lowest BCUT2D eigenvalue weighted by Gasteiger charge is -2.22. The molecule has 0 radical (unpaired) electrons. The van der Waals surface area contributed by atoms with Crippen molar-refractivity contribution in [2.45, 2.75) is 23.8 Å². The van der Waals surface area contributed by atoms with Gasteiger partial charge < -0.3 is 5.32 Å². The number of amides is 1. The molecule has 0 spiro atoms. The molecule has 1 amide bonds. The molecule has 0 saturated heterocycles. The summed E-state index contributed by atoms with van der Waals surface area (Å²) < 4.78 is 50.1. The fourth-order valence-corrected chi connectivity index (χ4v) is 3.78. The van der Waals surface area contributed by atoms with Crippen LogP contribution in [0.3, 0.4) is 0 Å². The minimum Gasteiger partial charge on any atom is -0.352 e. The van der Waals surface area contributed by atoms with Crippen molar-refractivity contribution >= 4 is 31.6 Å². The number of sulfonamides is 2. The van der Waals surface area contributed by atoms with E-state index in [9.17, 15) is 21.6 Å². The van der Waals surface area contributed by atoms with Gasteiger partial charge in [0.25, 0.3) is 0 Å². The maximum absolute atomic E-state index is 12.0. The molecule has 0 unspecified atom stereocenters. The van der Waals surface area contributed by atoms with E-state index in [0.29, 0.717) is 0 Å². The number of hydrogen-bond acceptors (Lipinski definition) is 5. The van der Waals surface area contributed by atoms with Crippen molar-refractivity contribution in [1.82, 2.24) is 9.62 Å². The van der Waals surface area contributed by atoms with Crippen LogP contribution < -0.4 is 9.62 Å². The first kappa shape index (κ1) is 18.7. The number of nitrogens with one attached hydrogen (secondary N) is 1. The van der Waals surface area contributed by atoms with Gasteiger partial charge in [-0.15, -0.1) is 0 Å². The topological polar surface area (TPSA) is 104 Å². The van der Waals surface area contributed by atoms with Crippen molar-refractivity contribution < 1.29 is 21.6 Å². The van der Waals surface area contributed by atoms with Gasteiger partial charge in [-0.05, 0) is 37.1 Å². The standard InChI is InChI=1S/C14H21N3O5S2/c1-16(2)24(21,22)13-8-6-12(7-9-13)17(23(3,19)20)10-14(18)15-11-4-5-11/h6-9,11H,4-5,10H2,1-3H3,(H,15,18). The predicted molar refractivity (Wildman–Crippen MR) is 90.7 cm³/mol. The summed E-state index contributed by atoms with van der Waals surface area (Å²) in [6, 6.07) is 5.53. The fraction of sp³-hybridized carbons (Fsp3) is 0.500. The van der Waals surface area contributed by atoms with E-state index in [-0.39, 0.29) is 29.1 Å². The molecule has 1 fully saturated rings. The molecular weight excluding hydrogens is 354 g/mol. The zero-order valence-electron chi connectivity index (χ0n) is 13.8. The van der Waals surface area contributed by atoms with E-state index in [1.54, 1.807) is 0 Å². The normalized spacial score (nSPS) is 15.3. The van der Waals surface area contributed by atoms with Gasteiger partial charge in [0.2, 0.25) is 26.0 Å². The van der Waals surface area contributed by atoms with E-state index in [0.717, 1.165) is 27.7 Å². The minimum atomic E-state index is -3.68. The van der Waals surface area contributed by atoms with Crippen molar-refractivity contribution in [2.75, 3.05) is 31.2 Å². The summed E-state index contributed by atoms with van der Waals surface area (Å²) in [4.78, 5) is 12.0. The summed E-state index contributed by atoms with van der Waals surface area (Å²) in [7, 11) is -4.46. The molecule has 10 heteroatoms. The number of carbonyl (C=O) groups excluding carboxylic acids is 1. The van der Waals surface area contributed by atoms with Crippen molar-refractivity contribution in [1.29, 1.82) is 0 Å². The Hall–Kier alpha value is -1.65. The number of rotatable bonds is 7. The molecule has 24 heavy (non-hydrogen) atoms. The molecule has 0 aromatic heterocycles. The SMILES string of the molecule is CN(C)S(=O)(=O)c1ccc(N(CC(=O)NC2CC2)S(C)(=O)=O)cc1. The molecule has 134 valence electrons. The van der Waals surface area contributed by atoms with Crippen LogP contribution in [-0.2, 0) is 24.8 Å². The van der Waals surface area contributed by atoms with Gasteiger partial charge in [-0.1, -0.05) is 0 Å². The molecule has 1 aromatic rings. The average molecular weight is 375 g/mol. The molecule has 1 saturated carbocycles. The Labute approximate surface area is 142 Å². The number of carbonyl (C=O) groups is 1. The summed E-state index contributed by atoms with van der Waals surface area (Å²) in [6.45, 7) is -0.338. The van der Waals surface area contributed by atoms with Crippen molar-refractivity contribution in [3.63, 3.8) is 0 Å². The van der Waals surface area contributed by atoms with E-state index >= 15 is 0 Å². The summed E-state index contributed by atoms with van der Waals surface area (Å²) in [5.41, 5.74) is 0.237. The van der Waals surface area contributed by atoms with Crippen LogP contribution in [0.4, 0.5) is 5.69 Å². The quantitative estimate of drug-likeness (QED) is 0.721. The number of hydrogen-bond donors (Lipinski definition) is 1. The molecule has 1 aliphatic rings. The van der Waals surface area contributed by atoms with E-state index in [2.05, 4.69) is 5.32 Å². The largest absolute Gasteiger partial charge is 0.352 e. The second kappa shape index (κ2) is 6.69. The summed E-state index contributed by atoms with van der Waals surface area (Å²) in [6.07, 6.45) is 2.81. The first-order valence-electron chi connectivity index (χ1n) is 7.31. The van der Waals surface area contributed by atoms with Gasteiger partial charge in [-0.3, -0.25) is 9.10 Å². The Morgan fingerprint density at radius 2 is 1.67 bits per heavy atom. The highest BCUT2D eigenvalue weighted by atomic mass is 32.2. The van der Waals surface area contributed by atoms with Crippen molar-refractivity contribution in [3.05, 3.63) is 24.3 Å². The monoisotopic (exact) mass is 375 g/mol. The minimum absolute atomic E-state index is 0.0483. The highest BCUT2D eigenvalue weighted by Crippen LogP contribution is 2.22. The Bertz CT molecular complexity index is 812. The van der Waals surface area contributed by atoms with Gasteiger partial charge in [-0.25, -0.2) is 21.1 Å². The average Bonchev–Trinajstić information content (AvgIpc) is 3.27. The molecule has 1 aliphatic carbocycles. The number of benzene rings is 1. The highest BCUT2D eigenvalue weighted by Gasteiger charge is 2.27. The van der Waals surface area contributed by atoms with E-state index in [1.807, 2.05) is 0 Å². The Balaban J connectivity index is 2.25. The molecule has 8 nitrogen and oxygen atoms in total. The van der Waals surface area contributed by atoms with Gasteiger partial charge in [0.15, 0.2) is 0 Å². The molecule has 1 aromatic carbocycles. The van der Waals surface area contributed by atoms with Crippen LogP contribution in [0.15, 0.2) is 29.2 Å². The third-order valence-electron chi connectivity index (χ3n) is 3.53. The van der Waals surface area contributed by atoms with Crippen LogP contribution in [0, 0.1) is 0 Å². The smallest absolute Gasteiger partial charge is 0.242 e. The molecular formula is C14H21N3O5S2. The van der Waals surface area contributed by atoms with Crippen molar-refractivity contribution in [3.8, 4) is 0 Å². The van der Waals surface area contributed by atoms with Gasteiger partial charge in [-0.2, -0.15) is 0 Å². The maximum atomic E-state index is 12.0. The van der Waals surface area contributed by atoms with Gasteiger partial charge >= 0.3 is 0 Å². The molecule has 0 heterocycles. The molecule has 0 bridgehead atoms. The number of nitrogens with zero attached hydrogens (tertiary/aromatic N) is 2. The Kier molecular flexibility index (Phi) is 5.21. The van der Waals surface area contributed by atoms with Gasteiger partial charge in [0, 0.05) is 20.1 Å². The van der Waals surface area contributed by atoms with E-state index < -0.39 is 20.0 Å². The highest BCUT2D eigenvalue weighted by molar-refractivity contribution is 7.92. The second-order valence-corrected chi connectivity index (χ2v) is 9.95. The maximum Gasteiger partial charge on any atom is 0.242 e. The second-order valence-electron chi connectivity index (χ2n) is 5.89. The van der Waals surface area contributed by atoms with Crippen LogP contribution >= 0.6 is 0 Å². The van der Waals surface area contributed by atoms with Crippen LogP contribution in [0.25, 0.3) is 0 Å². The Morgan fingerprint density at radius 3 is 2.08 bits per heavy atom. The van der Waals surface area contributed by atoms with Crippen LogP contribution in [0.5, 0.6) is 0 Å². The lowest BCUT2D eigenvalue weighted by molar-refractivity contribution is -0.119. The molecule has 1 N–H and O–H groups in total. The van der Waals surface area contributed by atoms with Gasteiger partial charge in [0.05, 0.1) is 16.8 Å². The zero-order chi connectivity index (χ0) is 18.1. The summed E-state index contributed by atoms with van der Waals surface area (Å²) >= 11 is 0. The lowest BCUT2D eigenvalue weighted by Crippen LogP contribution is -2.41. The lowest BCUT2D eigenvalue weighted by atomic mass is 10.3. The molecule has 0 atom stereocenters. The number of anilines is 1.